The number of carbonyl (C=O) groups is 2. The zero-order valence-corrected chi connectivity index (χ0v) is 13.5. The average molecular weight is 355 g/mol. The molecule has 0 bridgehead atoms. The number of halogens is 1. The molecule has 2 N–H and O–H groups in total. The number of ether oxygens (including phenoxy) is 1. The maximum absolute atomic E-state index is 12.2. The second-order valence-corrected chi connectivity index (χ2v) is 5.88. The summed E-state index contributed by atoms with van der Waals surface area (Å²) < 4.78 is 5.71. The molecule has 0 spiro atoms. The van der Waals surface area contributed by atoms with E-state index in [2.05, 4.69) is 26.6 Å². The van der Waals surface area contributed by atoms with E-state index in [1.807, 2.05) is 24.3 Å². The SMILES string of the molecule is COC(=O)[C@H](Cc1ccccc1Br)NC(=O)[C@@H]1CCCN1. The first-order valence-electron chi connectivity index (χ1n) is 6.97. The predicted octanol–water partition coefficient (Wildman–Crippen LogP) is 1.40. The van der Waals surface area contributed by atoms with Crippen molar-refractivity contribution in [3.05, 3.63) is 34.3 Å². The van der Waals surface area contributed by atoms with E-state index in [4.69, 9.17) is 4.74 Å². The number of esters is 1. The van der Waals surface area contributed by atoms with Crippen LogP contribution in [0.2, 0.25) is 0 Å². The summed E-state index contributed by atoms with van der Waals surface area (Å²) in [4.78, 5) is 24.1. The van der Waals surface area contributed by atoms with E-state index in [9.17, 15) is 9.59 Å². The third-order valence-corrected chi connectivity index (χ3v) is 4.33. The van der Waals surface area contributed by atoms with Gasteiger partial charge in [-0.3, -0.25) is 4.79 Å². The molecule has 1 saturated heterocycles. The van der Waals surface area contributed by atoms with Crippen LogP contribution in [0.5, 0.6) is 0 Å². The standard InChI is InChI=1S/C15H19BrN2O3/c1-21-15(20)13(9-10-5-2-3-6-11(10)16)18-14(19)12-7-4-8-17-12/h2-3,5-6,12-13,17H,4,7-9H2,1H3,(H,18,19)/t12-,13-/m0/s1. The van der Waals surface area contributed by atoms with Gasteiger partial charge in [0, 0.05) is 10.9 Å². The first-order chi connectivity index (χ1) is 10.1. The van der Waals surface area contributed by atoms with E-state index in [0.717, 1.165) is 29.4 Å². The Bertz CT molecular complexity index is 515. The fourth-order valence-electron chi connectivity index (χ4n) is 2.40. The fourth-order valence-corrected chi connectivity index (χ4v) is 2.85. The zero-order chi connectivity index (χ0) is 15.2. The lowest BCUT2D eigenvalue weighted by Crippen LogP contribution is -2.49. The Balaban J connectivity index is 2.06. The minimum atomic E-state index is -0.677. The Morgan fingerprint density at radius 3 is 2.86 bits per heavy atom. The van der Waals surface area contributed by atoms with E-state index in [1.165, 1.54) is 7.11 Å². The van der Waals surface area contributed by atoms with Crippen LogP contribution in [0, 0.1) is 0 Å². The number of methoxy groups -OCH3 is 1. The van der Waals surface area contributed by atoms with Gasteiger partial charge in [0.05, 0.1) is 13.2 Å². The molecule has 6 heteroatoms. The second-order valence-electron chi connectivity index (χ2n) is 5.03. The Morgan fingerprint density at radius 2 is 2.24 bits per heavy atom. The summed E-state index contributed by atoms with van der Waals surface area (Å²) in [5.41, 5.74) is 0.951. The van der Waals surface area contributed by atoms with E-state index >= 15 is 0 Å². The first kappa shape index (κ1) is 16.0. The molecule has 1 aromatic rings. The summed E-state index contributed by atoms with van der Waals surface area (Å²) in [6.07, 6.45) is 2.17. The molecule has 1 fully saturated rings. The van der Waals surface area contributed by atoms with Gasteiger partial charge in [-0.05, 0) is 31.0 Å². The van der Waals surface area contributed by atoms with Gasteiger partial charge in [-0.2, -0.15) is 0 Å². The van der Waals surface area contributed by atoms with E-state index in [1.54, 1.807) is 0 Å². The maximum atomic E-state index is 12.2. The van der Waals surface area contributed by atoms with Gasteiger partial charge in [0.1, 0.15) is 6.04 Å². The third-order valence-electron chi connectivity index (χ3n) is 3.56. The molecule has 1 amide bonds. The molecule has 1 aliphatic heterocycles. The Labute approximate surface area is 132 Å². The van der Waals surface area contributed by atoms with Crippen LogP contribution in [0.3, 0.4) is 0 Å². The van der Waals surface area contributed by atoms with Gasteiger partial charge in [0.15, 0.2) is 0 Å². The average Bonchev–Trinajstić information content (AvgIpc) is 3.02. The predicted molar refractivity (Wildman–Crippen MR) is 82.8 cm³/mol. The van der Waals surface area contributed by atoms with Crippen molar-refractivity contribution >= 4 is 27.8 Å². The highest BCUT2D eigenvalue weighted by Crippen LogP contribution is 2.18. The molecule has 2 atom stereocenters. The van der Waals surface area contributed by atoms with Crippen molar-refractivity contribution in [3.8, 4) is 0 Å². The lowest BCUT2D eigenvalue weighted by atomic mass is 10.1. The normalized spacial score (nSPS) is 19.0. The Hall–Kier alpha value is -1.40. The minimum Gasteiger partial charge on any atom is -0.467 e. The highest BCUT2D eigenvalue weighted by Gasteiger charge is 2.28. The van der Waals surface area contributed by atoms with Gasteiger partial charge in [0.25, 0.3) is 0 Å². The number of amides is 1. The first-order valence-corrected chi connectivity index (χ1v) is 7.76. The van der Waals surface area contributed by atoms with Crippen molar-refractivity contribution in [3.63, 3.8) is 0 Å². The fraction of sp³-hybridized carbons (Fsp3) is 0.467. The number of benzene rings is 1. The lowest BCUT2D eigenvalue weighted by Gasteiger charge is -2.19. The van der Waals surface area contributed by atoms with Crippen LogP contribution in [0.25, 0.3) is 0 Å². The summed E-state index contributed by atoms with van der Waals surface area (Å²) in [6.45, 7) is 0.839. The molecular weight excluding hydrogens is 336 g/mol. The number of nitrogens with one attached hydrogen (secondary N) is 2. The van der Waals surface area contributed by atoms with E-state index in [-0.39, 0.29) is 11.9 Å². The minimum absolute atomic E-state index is 0.144. The second kappa shape index (κ2) is 7.56. The number of hydrogen-bond donors (Lipinski definition) is 2. The molecule has 1 aliphatic rings. The molecule has 5 nitrogen and oxygen atoms in total. The van der Waals surface area contributed by atoms with Crippen LogP contribution in [0.4, 0.5) is 0 Å². The summed E-state index contributed by atoms with van der Waals surface area (Å²) in [7, 11) is 1.33. The van der Waals surface area contributed by atoms with Crippen LogP contribution in [-0.2, 0) is 20.7 Å². The van der Waals surface area contributed by atoms with Gasteiger partial charge >= 0.3 is 5.97 Å². The summed E-state index contributed by atoms with van der Waals surface area (Å²) in [6, 6.07) is 6.74. The monoisotopic (exact) mass is 354 g/mol. The molecule has 21 heavy (non-hydrogen) atoms. The maximum Gasteiger partial charge on any atom is 0.328 e. The molecule has 1 aromatic carbocycles. The molecule has 0 aliphatic carbocycles. The van der Waals surface area contributed by atoms with Gasteiger partial charge in [-0.15, -0.1) is 0 Å². The quantitative estimate of drug-likeness (QED) is 0.784. The highest BCUT2D eigenvalue weighted by atomic mass is 79.9. The van der Waals surface area contributed by atoms with Crippen LogP contribution in [0.1, 0.15) is 18.4 Å². The van der Waals surface area contributed by atoms with Crippen molar-refractivity contribution < 1.29 is 14.3 Å². The molecule has 0 aromatic heterocycles. The van der Waals surface area contributed by atoms with Crippen molar-refractivity contribution in [1.82, 2.24) is 10.6 Å². The molecule has 2 rings (SSSR count). The van der Waals surface area contributed by atoms with Gasteiger partial charge in [-0.1, -0.05) is 34.1 Å². The molecule has 1 heterocycles. The van der Waals surface area contributed by atoms with Crippen molar-refractivity contribution in [1.29, 1.82) is 0 Å². The van der Waals surface area contributed by atoms with Gasteiger partial charge < -0.3 is 15.4 Å². The number of carbonyl (C=O) groups excluding carboxylic acids is 2. The smallest absolute Gasteiger partial charge is 0.328 e. The molecule has 0 radical (unpaired) electrons. The summed E-state index contributed by atoms with van der Waals surface area (Å²) >= 11 is 3.45. The van der Waals surface area contributed by atoms with Crippen molar-refractivity contribution in [2.24, 2.45) is 0 Å². The van der Waals surface area contributed by atoms with Gasteiger partial charge in [0.2, 0.25) is 5.91 Å². The Kier molecular flexibility index (Phi) is 5.76. The van der Waals surface area contributed by atoms with E-state index < -0.39 is 12.0 Å². The molecule has 114 valence electrons. The van der Waals surface area contributed by atoms with Crippen molar-refractivity contribution in [2.75, 3.05) is 13.7 Å². The van der Waals surface area contributed by atoms with Crippen LogP contribution in [0.15, 0.2) is 28.7 Å². The number of hydrogen-bond acceptors (Lipinski definition) is 4. The third kappa shape index (κ3) is 4.28. The van der Waals surface area contributed by atoms with Gasteiger partial charge in [-0.25, -0.2) is 4.79 Å². The molecule has 0 unspecified atom stereocenters. The summed E-state index contributed by atoms with van der Waals surface area (Å²) in [5, 5.41) is 5.91. The molecular formula is C15H19BrN2O3. The summed E-state index contributed by atoms with van der Waals surface area (Å²) in [5.74, 6) is -0.577. The van der Waals surface area contributed by atoms with Crippen LogP contribution in [-0.4, -0.2) is 37.6 Å². The largest absolute Gasteiger partial charge is 0.467 e. The Morgan fingerprint density at radius 1 is 1.48 bits per heavy atom. The highest BCUT2D eigenvalue weighted by molar-refractivity contribution is 9.10. The number of rotatable bonds is 5. The lowest BCUT2D eigenvalue weighted by molar-refractivity contribution is -0.145. The topological polar surface area (TPSA) is 67.4 Å². The van der Waals surface area contributed by atoms with Crippen molar-refractivity contribution in [2.45, 2.75) is 31.3 Å². The van der Waals surface area contributed by atoms with Crippen LogP contribution >= 0.6 is 15.9 Å². The van der Waals surface area contributed by atoms with Crippen LogP contribution < -0.4 is 10.6 Å². The molecule has 0 saturated carbocycles. The zero-order valence-electron chi connectivity index (χ0n) is 11.9. The van der Waals surface area contributed by atoms with E-state index in [0.29, 0.717) is 6.42 Å².